The number of carbonyl (C=O) groups excluding carboxylic acids is 2. The third kappa shape index (κ3) is 5.13. The van der Waals surface area contributed by atoms with Crippen molar-refractivity contribution in [2.75, 3.05) is 26.9 Å². The van der Waals surface area contributed by atoms with Gasteiger partial charge in [0.15, 0.2) is 18.1 Å². The second kappa shape index (κ2) is 9.73. The first-order valence-electron chi connectivity index (χ1n) is 9.53. The topological polar surface area (TPSA) is 77.4 Å². The molecular weight excluding hydrogens is 372 g/mol. The highest BCUT2D eigenvalue weighted by molar-refractivity contribution is 6.02. The van der Waals surface area contributed by atoms with Crippen LogP contribution in [0.3, 0.4) is 0 Å². The first-order chi connectivity index (χ1) is 14.1. The number of carbonyl (C=O) groups is 2. The molecule has 3 rings (SSSR count). The van der Waals surface area contributed by atoms with Crippen LogP contribution in [-0.4, -0.2) is 49.5 Å². The van der Waals surface area contributed by atoms with Gasteiger partial charge in [0.25, 0.3) is 5.91 Å². The lowest BCUT2D eigenvalue weighted by Crippen LogP contribution is -2.28. The van der Waals surface area contributed by atoms with Crippen molar-refractivity contribution >= 4 is 17.6 Å². The van der Waals surface area contributed by atoms with E-state index >= 15 is 0 Å². The van der Waals surface area contributed by atoms with Crippen molar-refractivity contribution in [1.29, 1.82) is 0 Å². The van der Waals surface area contributed by atoms with E-state index < -0.39 is 5.97 Å². The molecule has 0 fully saturated rings. The number of hydrazone groups is 1. The third-order valence-electron chi connectivity index (χ3n) is 4.38. The predicted octanol–water partition coefficient (Wildman–Crippen LogP) is 3.28. The highest BCUT2D eigenvalue weighted by Crippen LogP contribution is 2.28. The monoisotopic (exact) mass is 396 g/mol. The van der Waals surface area contributed by atoms with Crippen LogP contribution in [0.15, 0.2) is 53.6 Å². The minimum atomic E-state index is -0.606. The molecule has 152 valence electrons. The Morgan fingerprint density at radius 3 is 2.62 bits per heavy atom. The standard InChI is InChI=1S/C22H24N2O5/c1-3-13-28-19-10-9-17(14-20(19)27-2)22(26)29-15-21(25)24-12-11-18(23-24)16-7-5-4-6-8-16/h4-10,14H,3,11-13,15H2,1-2H3. The average molecular weight is 396 g/mol. The van der Waals surface area contributed by atoms with E-state index in [4.69, 9.17) is 14.2 Å². The Balaban J connectivity index is 1.58. The molecule has 0 aliphatic carbocycles. The molecule has 2 aromatic rings. The predicted molar refractivity (Wildman–Crippen MR) is 108 cm³/mol. The van der Waals surface area contributed by atoms with Crippen LogP contribution in [-0.2, 0) is 9.53 Å². The van der Waals surface area contributed by atoms with E-state index in [0.717, 1.165) is 17.7 Å². The Morgan fingerprint density at radius 1 is 1.10 bits per heavy atom. The van der Waals surface area contributed by atoms with Gasteiger partial charge in [-0.1, -0.05) is 37.3 Å². The summed E-state index contributed by atoms with van der Waals surface area (Å²) in [5, 5.41) is 5.69. The molecule has 7 nitrogen and oxygen atoms in total. The molecule has 0 unspecified atom stereocenters. The number of ether oxygens (including phenoxy) is 3. The van der Waals surface area contributed by atoms with Crippen molar-refractivity contribution < 1.29 is 23.8 Å². The van der Waals surface area contributed by atoms with E-state index in [9.17, 15) is 9.59 Å². The highest BCUT2D eigenvalue weighted by Gasteiger charge is 2.23. The molecule has 2 aromatic carbocycles. The summed E-state index contributed by atoms with van der Waals surface area (Å²) in [5.41, 5.74) is 2.11. The van der Waals surface area contributed by atoms with E-state index in [-0.39, 0.29) is 18.1 Å². The quantitative estimate of drug-likeness (QED) is 0.640. The van der Waals surface area contributed by atoms with Gasteiger partial charge in [-0.3, -0.25) is 4.79 Å². The highest BCUT2D eigenvalue weighted by atomic mass is 16.5. The van der Waals surface area contributed by atoms with Gasteiger partial charge in [-0.25, -0.2) is 9.80 Å². The lowest BCUT2D eigenvalue weighted by Gasteiger charge is -2.13. The van der Waals surface area contributed by atoms with E-state index in [1.807, 2.05) is 37.3 Å². The molecule has 0 N–H and O–H groups in total. The third-order valence-corrected chi connectivity index (χ3v) is 4.38. The largest absolute Gasteiger partial charge is 0.493 e. The average Bonchev–Trinajstić information content (AvgIpc) is 3.26. The lowest BCUT2D eigenvalue weighted by molar-refractivity contribution is -0.134. The minimum absolute atomic E-state index is 0.286. The van der Waals surface area contributed by atoms with Crippen molar-refractivity contribution in [3.63, 3.8) is 0 Å². The van der Waals surface area contributed by atoms with Crippen LogP contribution in [0, 0.1) is 0 Å². The van der Waals surface area contributed by atoms with Crippen LogP contribution in [0.1, 0.15) is 35.7 Å². The number of nitrogens with zero attached hydrogens (tertiary/aromatic N) is 2. The van der Waals surface area contributed by atoms with Gasteiger partial charge in [0.2, 0.25) is 0 Å². The van der Waals surface area contributed by atoms with Crippen LogP contribution in [0.25, 0.3) is 0 Å². The number of rotatable bonds is 8. The van der Waals surface area contributed by atoms with E-state index in [1.165, 1.54) is 12.1 Å². The summed E-state index contributed by atoms with van der Waals surface area (Å²) in [6.07, 6.45) is 1.53. The molecule has 0 saturated carbocycles. The summed E-state index contributed by atoms with van der Waals surface area (Å²) in [6.45, 7) is 2.65. The maximum atomic E-state index is 12.4. The Hall–Kier alpha value is -3.35. The summed E-state index contributed by atoms with van der Waals surface area (Å²) in [6, 6.07) is 14.5. The van der Waals surface area contributed by atoms with Gasteiger partial charge in [0, 0.05) is 6.42 Å². The second-order valence-corrected chi connectivity index (χ2v) is 6.47. The molecule has 0 bridgehead atoms. The fourth-order valence-corrected chi connectivity index (χ4v) is 2.88. The zero-order valence-electron chi connectivity index (χ0n) is 16.6. The number of amides is 1. The Labute approximate surface area is 169 Å². The van der Waals surface area contributed by atoms with Crippen molar-refractivity contribution in [1.82, 2.24) is 5.01 Å². The van der Waals surface area contributed by atoms with Crippen molar-refractivity contribution in [3.05, 3.63) is 59.7 Å². The maximum Gasteiger partial charge on any atom is 0.338 e. The number of hydrogen-bond donors (Lipinski definition) is 0. The van der Waals surface area contributed by atoms with Crippen LogP contribution < -0.4 is 9.47 Å². The number of methoxy groups -OCH3 is 1. The van der Waals surface area contributed by atoms with Crippen molar-refractivity contribution in [3.8, 4) is 11.5 Å². The molecule has 0 saturated heterocycles. The van der Waals surface area contributed by atoms with Gasteiger partial charge in [0.05, 0.1) is 31.5 Å². The van der Waals surface area contributed by atoms with Gasteiger partial charge in [0.1, 0.15) is 0 Å². The first-order valence-corrected chi connectivity index (χ1v) is 9.53. The Bertz CT molecular complexity index is 895. The molecule has 1 heterocycles. The van der Waals surface area contributed by atoms with Gasteiger partial charge in [-0.2, -0.15) is 5.10 Å². The summed E-state index contributed by atoms with van der Waals surface area (Å²) in [4.78, 5) is 24.7. The Kier molecular flexibility index (Phi) is 6.84. The fourth-order valence-electron chi connectivity index (χ4n) is 2.88. The van der Waals surface area contributed by atoms with E-state index in [1.54, 1.807) is 18.2 Å². The molecule has 1 aliphatic heterocycles. The van der Waals surface area contributed by atoms with E-state index in [0.29, 0.717) is 31.1 Å². The van der Waals surface area contributed by atoms with Gasteiger partial charge >= 0.3 is 5.97 Å². The molecule has 29 heavy (non-hydrogen) atoms. The summed E-state index contributed by atoms with van der Waals surface area (Å²) in [7, 11) is 1.50. The molecule has 0 aromatic heterocycles. The van der Waals surface area contributed by atoms with Crippen LogP contribution in [0.2, 0.25) is 0 Å². The van der Waals surface area contributed by atoms with Crippen LogP contribution in [0.5, 0.6) is 11.5 Å². The van der Waals surface area contributed by atoms with E-state index in [2.05, 4.69) is 5.10 Å². The Morgan fingerprint density at radius 2 is 1.90 bits per heavy atom. The molecular formula is C22H24N2O5. The normalized spacial score (nSPS) is 13.0. The zero-order chi connectivity index (χ0) is 20.6. The molecule has 7 heteroatoms. The SMILES string of the molecule is CCCOc1ccc(C(=O)OCC(=O)N2CCC(c3ccccc3)=N2)cc1OC. The summed E-state index contributed by atoms with van der Waals surface area (Å²) < 4.78 is 16.0. The smallest absolute Gasteiger partial charge is 0.338 e. The molecule has 0 atom stereocenters. The summed E-state index contributed by atoms with van der Waals surface area (Å²) in [5.74, 6) is 0.0296. The second-order valence-electron chi connectivity index (χ2n) is 6.47. The van der Waals surface area contributed by atoms with Crippen LogP contribution >= 0.6 is 0 Å². The van der Waals surface area contributed by atoms with Crippen molar-refractivity contribution in [2.24, 2.45) is 5.10 Å². The molecule has 1 aliphatic rings. The molecule has 0 radical (unpaired) electrons. The first kappa shape index (κ1) is 20.4. The minimum Gasteiger partial charge on any atom is -0.493 e. The molecule has 0 spiro atoms. The number of benzene rings is 2. The fraction of sp³-hybridized carbons (Fsp3) is 0.318. The zero-order valence-corrected chi connectivity index (χ0v) is 16.6. The van der Waals surface area contributed by atoms with Crippen molar-refractivity contribution in [2.45, 2.75) is 19.8 Å². The van der Waals surface area contributed by atoms with Gasteiger partial charge in [-0.05, 0) is 30.2 Å². The number of hydrogen-bond acceptors (Lipinski definition) is 6. The van der Waals surface area contributed by atoms with Gasteiger partial charge in [-0.15, -0.1) is 0 Å². The van der Waals surface area contributed by atoms with Crippen LogP contribution in [0.4, 0.5) is 0 Å². The molecule has 1 amide bonds. The summed E-state index contributed by atoms with van der Waals surface area (Å²) >= 11 is 0. The number of esters is 1. The maximum absolute atomic E-state index is 12.4. The van der Waals surface area contributed by atoms with Gasteiger partial charge < -0.3 is 14.2 Å². The lowest BCUT2D eigenvalue weighted by atomic mass is 10.1.